The number of nitrogens with zero attached hydrogens (tertiary/aromatic N) is 4. The minimum absolute atomic E-state index is 0.431. The molecule has 0 spiro atoms. The quantitative estimate of drug-likeness (QED) is 0.108. The molecule has 4 aromatic rings. The van der Waals surface area contributed by atoms with Gasteiger partial charge in [-0.25, -0.2) is 0 Å². The van der Waals surface area contributed by atoms with Crippen LogP contribution in [0.25, 0.3) is 0 Å². The fourth-order valence-corrected chi connectivity index (χ4v) is 10.0. The molecular formula is C28H16N4O16Pb. The van der Waals surface area contributed by atoms with Gasteiger partial charge in [0, 0.05) is 0 Å². The van der Waals surface area contributed by atoms with E-state index in [4.69, 9.17) is 10.7 Å². The minimum atomic E-state index is -7.10. The van der Waals surface area contributed by atoms with E-state index in [9.17, 15) is 59.6 Å². The second-order valence-electron chi connectivity index (χ2n) is 9.27. The number of carbonyl (C=O) groups excluding carboxylic acids is 4. The molecule has 20 nitrogen and oxygen atoms in total. The number of rotatable bonds is 12. The number of nitro groups is 4. The Kier molecular flexibility index (Phi) is 10.6. The Morgan fingerprint density at radius 2 is 0.531 bits per heavy atom. The van der Waals surface area contributed by atoms with Crippen LogP contribution in [0.2, 0.25) is 0 Å². The summed E-state index contributed by atoms with van der Waals surface area (Å²) in [5, 5.41) is 44.3. The van der Waals surface area contributed by atoms with Gasteiger partial charge in [0.25, 0.3) is 0 Å². The first kappa shape index (κ1) is 35.1. The van der Waals surface area contributed by atoms with E-state index in [1.54, 1.807) is 0 Å². The molecule has 0 aromatic heterocycles. The molecule has 0 fully saturated rings. The average Bonchev–Trinajstić information content (AvgIpc) is 3.08. The first-order chi connectivity index (χ1) is 23.2. The van der Waals surface area contributed by atoms with Crippen molar-refractivity contribution < 1.29 is 49.6 Å². The van der Waals surface area contributed by atoms with Gasteiger partial charge < -0.3 is 0 Å². The van der Waals surface area contributed by atoms with Gasteiger partial charge in [-0.1, -0.05) is 0 Å². The maximum atomic E-state index is 13.3. The molecule has 0 aliphatic rings. The molecule has 0 aliphatic carbocycles. The van der Waals surface area contributed by atoms with Gasteiger partial charge in [-0.15, -0.1) is 0 Å². The van der Waals surface area contributed by atoms with Crippen LogP contribution in [0.3, 0.4) is 0 Å². The van der Waals surface area contributed by atoms with Gasteiger partial charge in [-0.3, -0.25) is 0 Å². The Hall–Kier alpha value is -6.72. The van der Waals surface area contributed by atoms with E-state index in [2.05, 4.69) is 0 Å². The number of benzene rings is 4. The van der Waals surface area contributed by atoms with Crippen LogP contribution >= 0.6 is 0 Å². The summed E-state index contributed by atoms with van der Waals surface area (Å²) in [6, 6.07) is 14.6. The zero-order chi connectivity index (χ0) is 35.9. The van der Waals surface area contributed by atoms with Gasteiger partial charge in [0.05, 0.1) is 0 Å². The van der Waals surface area contributed by atoms with Crippen LogP contribution in [0.15, 0.2) is 97.1 Å². The van der Waals surface area contributed by atoms with Crippen LogP contribution in [0.1, 0.15) is 41.4 Å². The molecule has 0 heterocycles. The predicted octanol–water partition coefficient (Wildman–Crippen LogP) is 4.48. The molecule has 248 valence electrons. The maximum absolute atomic E-state index is 13.3. The van der Waals surface area contributed by atoms with Crippen molar-refractivity contribution in [1.29, 1.82) is 0 Å². The van der Waals surface area contributed by atoms with E-state index in [0.29, 0.717) is 0 Å². The summed E-state index contributed by atoms with van der Waals surface area (Å²) in [5.74, 6) is -5.83. The van der Waals surface area contributed by atoms with Gasteiger partial charge in [0.15, 0.2) is 0 Å². The van der Waals surface area contributed by atoms with Crippen molar-refractivity contribution in [3.8, 4) is 0 Å². The number of hydrogen-bond acceptors (Lipinski definition) is 16. The summed E-state index contributed by atoms with van der Waals surface area (Å²) in [4.78, 5) is 94.5. The standard InChI is InChI=1S/4C7H5NO4.Pb/c4*9-7(10)5-1-3-6(4-2-5)8(11)12;/h4*1-4H,(H,9,10);/q;;;;+4/p-4. The Balaban J connectivity index is 1.80. The Labute approximate surface area is 278 Å². The van der Waals surface area contributed by atoms with Crippen molar-refractivity contribution in [2.75, 3.05) is 0 Å². The van der Waals surface area contributed by atoms with Gasteiger partial charge >= 0.3 is 279 Å². The van der Waals surface area contributed by atoms with Gasteiger partial charge in [0.2, 0.25) is 0 Å². The van der Waals surface area contributed by atoms with Crippen molar-refractivity contribution in [1.82, 2.24) is 0 Å². The Bertz CT molecular complexity index is 1690. The monoisotopic (exact) mass is 872 g/mol. The molecule has 0 saturated heterocycles. The summed E-state index contributed by atoms with van der Waals surface area (Å²) in [6.07, 6.45) is 0. The SMILES string of the molecule is O=C([O][Pb]([O]C(=O)c1ccc([N+](=O)[O-])cc1)([O]C(=O)c1ccc([N+](=O)[O-])cc1)[O]C(=O)c1ccc([N+](=O)[O-])cc1)c1ccc([N+](=O)[O-])cc1. The molecule has 0 bridgehead atoms. The van der Waals surface area contributed by atoms with Crippen LogP contribution in [0, 0.1) is 40.5 Å². The van der Waals surface area contributed by atoms with Gasteiger partial charge in [0.1, 0.15) is 0 Å². The van der Waals surface area contributed by atoms with Crippen LogP contribution in [-0.2, 0) is 10.7 Å². The second kappa shape index (κ2) is 14.8. The molecule has 0 unspecified atom stereocenters. The normalized spacial score (nSPS) is 10.6. The summed E-state index contributed by atoms with van der Waals surface area (Å²) >= 11 is -7.10. The molecule has 0 radical (unpaired) electrons. The van der Waals surface area contributed by atoms with Crippen LogP contribution in [0.5, 0.6) is 0 Å². The number of non-ortho nitro benzene ring substituents is 4. The third kappa shape index (κ3) is 8.76. The third-order valence-electron chi connectivity index (χ3n) is 6.13. The summed E-state index contributed by atoms with van der Waals surface area (Å²) < 4.78 is 21.4. The van der Waals surface area contributed by atoms with Gasteiger partial charge in [-0.05, 0) is 0 Å². The van der Waals surface area contributed by atoms with E-state index in [1.807, 2.05) is 0 Å². The van der Waals surface area contributed by atoms with Crippen LogP contribution in [0.4, 0.5) is 22.7 Å². The van der Waals surface area contributed by atoms with E-state index in [0.717, 1.165) is 97.1 Å². The molecule has 0 N–H and O–H groups in total. The Morgan fingerprint density at radius 1 is 0.367 bits per heavy atom. The molecule has 4 aromatic carbocycles. The van der Waals surface area contributed by atoms with E-state index < -0.39 is 112 Å². The number of carbonyl (C=O) groups is 4. The predicted molar refractivity (Wildman–Crippen MR) is 160 cm³/mol. The fraction of sp³-hybridized carbons (Fsp3) is 0. The molecule has 0 aliphatic heterocycles. The first-order valence-electron chi connectivity index (χ1n) is 13.1. The zero-order valence-corrected chi connectivity index (χ0v) is 27.9. The number of hydrogen-bond donors (Lipinski definition) is 0. The molecule has 49 heavy (non-hydrogen) atoms. The van der Waals surface area contributed by atoms with Crippen LogP contribution in [-0.4, -0.2) is 66.6 Å². The first-order valence-corrected chi connectivity index (χ1v) is 19.4. The van der Waals surface area contributed by atoms with Crippen molar-refractivity contribution in [3.63, 3.8) is 0 Å². The topological polar surface area (TPSA) is 278 Å². The molecule has 0 saturated carbocycles. The Morgan fingerprint density at radius 3 is 0.673 bits per heavy atom. The fourth-order valence-electron chi connectivity index (χ4n) is 3.69. The molecule has 0 amide bonds. The summed E-state index contributed by atoms with van der Waals surface area (Å²) in [5.41, 5.74) is -3.48. The van der Waals surface area contributed by atoms with Crippen molar-refractivity contribution in [2.45, 2.75) is 0 Å². The molecule has 4 rings (SSSR count). The second-order valence-corrected chi connectivity index (χ2v) is 16.3. The summed E-state index contributed by atoms with van der Waals surface area (Å²) in [7, 11) is 0. The summed E-state index contributed by atoms with van der Waals surface area (Å²) in [6.45, 7) is 0. The van der Waals surface area contributed by atoms with E-state index in [-0.39, 0.29) is 0 Å². The number of nitro benzene ring substituents is 4. The van der Waals surface area contributed by atoms with Crippen molar-refractivity contribution in [2.24, 2.45) is 0 Å². The van der Waals surface area contributed by atoms with Gasteiger partial charge in [-0.2, -0.15) is 0 Å². The molecule has 0 atom stereocenters. The van der Waals surface area contributed by atoms with Crippen molar-refractivity contribution >= 4 is 69.6 Å². The third-order valence-corrected chi connectivity index (χ3v) is 12.9. The van der Waals surface area contributed by atoms with E-state index >= 15 is 0 Å². The molecule has 21 heteroatoms. The molecular weight excluding hydrogens is 856 g/mol. The average molecular weight is 872 g/mol. The van der Waals surface area contributed by atoms with Crippen molar-refractivity contribution in [3.05, 3.63) is 160 Å². The van der Waals surface area contributed by atoms with E-state index in [1.165, 1.54) is 0 Å². The zero-order valence-electron chi connectivity index (χ0n) is 24.1. The van der Waals surface area contributed by atoms with Crippen LogP contribution < -0.4 is 0 Å².